The molecule has 1 fully saturated rings. The van der Waals surface area contributed by atoms with Crippen molar-refractivity contribution in [3.05, 3.63) is 41.1 Å². The third-order valence-electron chi connectivity index (χ3n) is 4.95. The molecule has 1 aromatic rings. The molecule has 11 heteroatoms. The highest BCUT2D eigenvalue weighted by molar-refractivity contribution is 5.97. The Labute approximate surface area is 178 Å². The van der Waals surface area contributed by atoms with Crippen molar-refractivity contribution in [2.45, 2.75) is 13.5 Å². The van der Waals surface area contributed by atoms with Crippen molar-refractivity contribution in [2.75, 3.05) is 45.9 Å². The summed E-state index contributed by atoms with van der Waals surface area (Å²) in [5.41, 5.74) is 0.907. The Morgan fingerprint density at radius 2 is 1.87 bits per heavy atom. The van der Waals surface area contributed by atoms with Gasteiger partial charge in [0, 0.05) is 38.4 Å². The van der Waals surface area contributed by atoms with Crippen molar-refractivity contribution in [1.29, 1.82) is 0 Å². The number of halogens is 2. The second-order valence-electron chi connectivity index (χ2n) is 6.93. The molecule has 0 aliphatic carbocycles. The molecule has 0 atom stereocenters. The summed E-state index contributed by atoms with van der Waals surface area (Å²) >= 11 is 0. The van der Waals surface area contributed by atoms with E-state index in [-0.39, 0.29) is 24.5 Å². The van der Waals surface area contributed by atoms with Gasteiger partial charge in [-0.2, -0.15) is 8.78 Å². The summed E-state index contributed by atoms with van der Waals surface area (Å²) in [7, 11) is 0. The average Bonchev–Trinajstić information content (AvgIpc) is 2.74. The van der Waals surface area contributed by atoms with Crippen molar-refractivity contribution in [3.8, 4) is 5.75 Å². The van der Waals surface area contributed by atoms with E-state index in [9.17, 15) is 23.2 Å². The predicted octanol–water partition coefficient (Wildman–Crippen LogP) is 1.18. The number of ether oxygens (including phenoxy) is 2. The molecule has 2 aliphatic rings. The van der Waals surface area contributed by atoms with Crippen LogP contribution in [0.2, 0.25) is 0 Å². The maximum atomic E-state index is 12.8. The average molecular weight is 438 g/mol. The Morgan fingerprint density at radius 1 is 1.16 bits per heavy atom. The molecule has 0 bridgehead atoms. The number of benzene rings is 1. The number of carbonyl (C=O) groups excluding carboxylic acids is 3. The smallest absolute Gasteiger partial charge is 0.387 e. The van der Waals surface area contributed by atoms with Gasteiger partial charge in [-0.05, 0) is 19.1 Å². The van der Waals surface area contributed by atoms with Crippen molar-refractivity contribution < 1.29 is 32.6 Å². The van der Waals surface area contributed by atoms with Crippen LogP contribution >= 0.6 is 0 Å². The van der Waals surface area contributed by atoms with Gasteiger partial charge in [-0.3, -0.25) is 9.69 Å². The maximum Gasteiger partial charge on any atom is 0.387 e. The maximum absolute atomic E-state index is 12.8. The van der Waals surface area contributed by atoms with Gasteiger partial charge in [0.25, 0.3) is 5.91 Å². The quantitative estimate of drug-likeness (QED) is 0.620. The highest BCUT2D eigenvalue weighted by Crippen LogP contribution is 2.22. The number of hydrogen-bond acceptors (Lipinski definition) is 6. The number of carbonyl (C=O) groups is 3. The number of nitrogens with zero attached hydrogens (tertiary/aromatic N) is 2. The molecule has 1 aromatic carbocycles. The van der Waals surface area contributed by atoms with Crippen LogP contribution in [0.15, 0.2) is 35.5 Å². The normalized spacial score (nSPS) is 17.3. The van der Waals surface area contributed by atoms with Gasteiger partial charge in [-0.1, -0.05) is 12.1 Å². The minimum absolute atomic E-state index is 0.0779. The van der Waals surface area contributed by atoms with Crippen LogP contribution in [0.1, 0.15) is 17.3 Å². The molecule has 2 heterocycles. The number of esters is 1. The molecule has 168 valence electrons. The fourth-order valence-corrected chi connectivity index (χ4v) is 3.43. The van der Waals surface area contributed by atoms with Crippen LogP contribution in [0.4, 0.5) is 13.6 Å². The van der Waals surface area contributed by atoms with Crippen LogP contribution in [0.3, 0.4) is 0 Å². The SMILES string of the molecule is CCOC(=O)C1=C(CN2CCN(C(=O)c3ccccc3OC(F)F)CC2)NC(=O)NC1. The molecule has 0 spiro atoms. The van der Waals surface area contributed by atoms with Crippen LogP contribution in [0, 0.1) is 0 Å². The topological polar surface area (TPSA) is 100 Å². The molecule has 31 heavy (non-hydrogen) atoms. The van der Waals surface area contributed by atoms with Crippen LogP contribution < -0.4 is 15.4 Å². The molecule has 3 rings (SSSR count). The summed E-state index contributed by atoms with van der Waals surface area (Å²) in [5, 5.41) is 5.21. The number of urea groups is 1. The van der Waals surface area contributed by atoms with E-state index in [2.05, 4.69) is 15.4 Å². The first-order chi connectivity index (χ1) is 14.9. The third kappa shape index (κ3) is 5.69. The fraction of sp³-hybridized carbons (Fsp3) is 0.450. The molecule has 3 amide bonds. The molecule has 0 saturated carbocycles. The van der Waals surface area contributed by atoms with Crippen LogP contribution in [-0.2, 0) is 9.53 Å². The zero-order valence-electron chi connectivity index (χ0n) is 17.0. The number of piperazine rings is 1. The number of para-hydroxylation sites is 1. The molecule has 9 nitrogen and oxygen atoms in total. The standard InChI is InChI=1S/C20H24F2N4O5/c1-2-30-18(28)14-11-23-20(29)24-15(14)12-25-7-9-26(10-8-25)17(27)13-5-3-4-6-16(13)31-19(21)22/h3-6,19H,2,7-12H2,1H3,(H2,23,24,29). The monoisotopic (exact) mass is 438 g/mol. The van der Waals surface area contributed by atoms with Gasteiger partial charge in [-0.25, -0.2) is 9.59 Å². The van der Waals surface area contributed by atoms with Gasteiger partial charge in [-0.15, -0.1) is 0 Å². The summed E-state index contributed by atoms with van der Waals surface area (Å²) in [6.07, 6.45) is 0. The molecule has 1 saturated heterocycles. The first kappa shape index (κ1) is 22.5. The summed E-state index contributed by atoms with van der Waals surface area (Å²) in [6.45, 7) is 0.974. The second-order valence-corrected chi connectivity index (χ2v) is 6.93. The van der Waals surface area contributed by atoms with Gasteiger partial charge in [0.05, 0.1) is 24.3 Å². The van der Waals surface area contributed by atoms with Crippen molar-refractivity contribution in [3.63, 3.8) is 0 Å². The molecule has 0 radical (unpaired) electrons. The molecule has 0 unspecified atom stereocenters. The lowest BCUT2D eigenvalue weighted by molar-refractivity contribution is -0.138. The van der Waals surface area contributed by atoms with E-state index in [4.69, 9.17) is 4.74 Å². The van der Waals surface area contributed by atoms with E-state index >= 15 is 0 Å². The Balaban J connectivity index is 1.63. The first-order valence-electron chi connectivity index (χ1n) is 9.88. The number of amides is 3. The van der Waals surface area contributed by atoms with Crippen LogP contribution in [0.5, 0.6) is 5.75 Å². The summed E-state index contributed by atoms with van der Waals surface area (Å²) < 4.78 is 34.7. The lowest BCUT2D eigenvalue weighted by Gasteiger charge is -2.36. The molecule has 2 N–H and O–H groups in total. The Hall–Kier alpha value is -3.21. The number of hydrogen-bond donors (Lipinski definition) is 2. The third-order valence-corrected chi connectivity index (χ3v) is 4.95. The minimum Gasteiger partial charge on any atom is -0.463 e. The second kappa shape index (κ2) is 10.2. The summed E-state index contributed by atoms with van der Waals surface area (Å²) in [5.74, 6) is -1.04. The van der Waals surface area contributed by atoms with Crippen molar-refractivity contribution >= 4 is 17.9 Å². The zero-order valence-corrected chi connectivity index (χ0v) is 17.0. The van der Waals surface area contributed by atoms with E-state index in [0.29, 0.717) is 44.0 Å². The molecular formula is C20H24F2N4O5. The van der Waals surface area contributed by atoms with Gasteiger partial charge < -0.3 is 25.0 Å². The van der Waals surface area contributed by atoms with Gasteiger partial charge in [0.2, 0.25) is 0 Å². The van der Waals surface area contributed by atoms with Gasteiger partial charge in [0.15, 0.2) is 0 Å². The lowest BCUT2D eigenvalue weighted by atomic mass is 10.1. The first-order valence-corrected chi connectivity index (χ1v) is 9.88. The highest BCUT2D eigenvalue weighted by atomic mass is 19.3. The lowest BCUT2D eigenvalue weighted by Crippen LogP contribution is -2.52. The number of nitrogens with one attached hydrogen (secondary N) is 2. The largest absolute Gasteiger partial charge is 0.463 e. The molecule has 2 aliphatic heterocycles. The highest BCUT2D eigenvalue weighted by Gasteiger charge is 2.28. The minimum atomic E-state index is -3.02. The molecular weight excluding hydrogens is 414 g/mol. The van der Waals surface area contributed by atoms with Crippen LogP contribution in [-0.4, -0.2) is 80.2 Å². The number of alkyl halides is 2. The van der Waals surface area contributed by atoms with E-state index in [1.165, 1.54) is 18.2 Å². The van der Waals surface area contributed by atoms with Gasteiger partial charge >= 0.3 is 18.6 Å². The van der Waals surface area contributed by atoms with E-state index in [0.717, 1.165) is 0 Å². The summed E-state index contributed by atoms with van der Waals surface area (Å²) in [4.78, 5) is 40.2. The predicted molar refractivity (Wildman–Crippen MR) is 106 cm³/mol. The van der Waals surface area contributed by atoms with Crippen molar-refractivity contribution in [2.24, 2.45) is 0 Å². The Kier molecular flexibility index (Phi) is 7.40. The zero-order chi connectivity index (χ0) is 22.4. The Bertz CT molecular complexity index is 869. The van der Waals surface area contributed by atoms with Gasteiger partial charge in [0.1, 0.15) is 5.75 Å². The number of rotatable bonds is 7. The van der Waals surface area contributed by atoms with E-state index in [1.807, 2.05) is 4.90 Å². The van der Waals surface area contributed by atoms with E-state index in [1.54, 1.807) is 17.9 Å². The summed E-state index contributed by atoms with van der Waals surface area (Å²) in [6, 6.07) is 5.50. The Morgan fingerprint density at radius 3 is 2.55 bits per heavy atom. The van der Waals surface area contributed by atoms with E-state index < -0.39 is 24.5 Å². The van der Waals surface area contributed by atoms with Crippen LogP contribution in [0.25, 0.3) is 0 Å². The molecule has 0 aromatic heterocycles. The van der Waals surface area contributed by atoms with Crippen molar-refractivity contribution in [1.82, 2.24) is 20.4 Å². The fourth-order valence-electron chi connectivity index (χ4n) is 3.43.